The molecule has 0 aliphatic carbocycles. The summed E-state index contributed by atoms with van der Waals surface area (Å²) in [5.41, 5.74) is 4.50. The summed E-state index contributed by atoms with van der Waals surface area (Å²) in [4.78, 5) is 20.2. The first kappa shape index (κ1) is 15.4. The zero-order valence-electron chi connectivity index (χ0n) is 13.1. The molecule has 5 nitrogen and oxygen atoms in total. The van der Waals surface area contributed by atoms with E-state index in [1.54, 1.807) is 12.4 Å². The monoisotopic (exact) mass is 348 g/mol. The Kier molecular flexibility index (Phi) is 3.75. The molecule has 1 amide bonds. The van der Waals surface area contributed by atoms with E-state index in [4.69, 9.17) is 18.0 Å². The van der Waals surface area contributed by atoms with Crippen molar-refractivity contribution in [2.24, 2.45) is 0 Å². The molecule has 6 heteroatoms. The Labute approximate surface area is 149 Å². The lowest BCUT2D eigenvalue weighted by Gasteiger charge is -2.14. The highest BCUT2D eigenvalue weighted by molar-refractivity contribution is 6.30. The number of halogens is 1. The Balaban J connectivity index is 1.74. The van der Waals surface area contributed by atoms with Crippen molar-refractivity contribution < 1.29 is 4.79 Å². The molecule has 1 atom stereocenters. The van der Waals surface area contributed by atoms with Gasteiger partial charge in [0.05, 0.1) is 17.3 Å². The fourth-order valence-corrected chi connectivity index (χ4v) is 3.26. The van der Waals surface area contributed by atoms with E-state index < -0.39 is 5.91 Å². The van der Waals surface area contributed by atoms with E-state index in [9.17, 15) is 4.79 Å². The van der Waals surface area contributed by atoms with Crippen molar-refractivity contribution >= 4 is 39.8 Å². The van der Waals surface area contributed by atoms with Crippen molar-refractivity contribution in [3.8, 4) is 12.3 Å². The van der Waals surface area contributed by atoms with Crippen LogP contribution in [0, 0.1) is 12.3 Å². The zero-order chi connectivity index (χ0) is 17.4. The Morgan fingerprint density at radius 1 is 1.28 bits per heavy atom. The number of nitrogens with zero attached hydrogens (tertiary/aromatic N) is 2. The minimum Gasteiger partial charge on any atom is -0.376 e. The summed E-state index contributed by atoms with van der Waals surface area (Å²) >= 11 is 6.07. The lowest BCUT2D eigenvalue weighted by atomic mass is 10.0. The second-order valence-electron chi connectivity index (χ2n) is 5.79. The molecule has 4 rings (SSSR count). The lowest BCUT2D eigenvalue weighted by Crippen LogP contribution is -2.10. The molecule has 0 saturated heterocycles. The van der Waals surface area contributed by atoms with E-state index >= 15 is 0 Å². The molecule has 2 aromatic carbocycles. The number of benzene rings is 2. The van der Waals surface area contributed by atoms with Crippen LogP contribution in [-0.4, -0.2) is 15.9 Å². The van der Waals surface area contributed by atoms with E-state index in [1.165, 1.54) is 5.56 Å². The van der Waals surface area contributed by atoms with Gasteiger partial charge < -0.3 is 10.6 Å². The van der Waals surface area contributed by atoms with Crippen LogP contribution in [0.4, 0.5) is 11.4 Å². The summed E-state index contributed by atoms with van der Waals surface area (Å²) < 4.78 is 0. The van der Waals surface area contributed by atoms with Gasteiger partial charge in [-0.3, -0.25) is 4.79 Å². The third kappa shape index (κ3) is 2.88. The van der Waals surface area contributed by atoms with Gasteiger partial charge in [-0.1, -0.05) is 17.7 Å². The summed E-state index contributed by atoms with van der Waals surface area (Å²) in [6.07, 6.45) is 7.47. The highest BCUT2D eigenvalue weighted by Gasteiger charge is 2.25. The third-order valence-electron chi connectivity index (χ3n) is 4.21. The minimum atomic E-state index is -0.487. The molecule has 0 bridgehead atoms. The molecule has 0 radical (unpaired) electrons. The number of carbonyl (C=O) groups excluding carboxylic acids is 1. The molecule has 0 saturated carbocycles. The third-order valence-corrected chi connectivity index (χ3v) is 4.45. The van der Waals surface area contributed by atoms with E-state index in [0.29, 0.717) is 10.7 Å². The van der Waals surface area contributed by atoms with Crippen LogP contribution in [0.5, 0.6) is 0 Å². The molecule has 25 heavy (non-hydrogen) atoms. The van der Waals surface area contributed by atoms with Gasteiger partial charge in [0.25, 0.3) is 5.91 Å². The van der Waals surface area contributed by atoms with Gasteiger partial charge in [-0.25, -0.2) is 9.97 Å². The molecule has 3 aromatic rings. The summed E-state index contributed by atoms with van der Waals surface area (Å²) in [5.74, 6) is 1.56. The van der Waals surface area contributed by atoms with Gasteiger partial charge in [0.2, 0.25) is 0 Å². The smallest absolute Gasteiger partial charge is 0.300 e. The van der Waals surface area contributed by atoms with Crippen molar-refractivity contribution in [3.05, 3.63) is 59.0 Å². The normalized spacial score (nSPS) is 15.3. The molecule has 0 spiro atoms. The second kappa shape index (κ2) is 6.08. The molecule has 2 heterocycles. The van der Waals surface area contributed by atoms with Crippen molar-refractivity contribution in [2.45, 2.75) is 12.5 Å². The fourth-order valence-electron chi connectivity index (χ4n) is 3.08. The van der Waals surface area contributed by atoms with Crippen LogP contribution in [0.2, 0.25) is 5.02 Å². The number of hydrogen-bond donors (Lipinski definition) is 2. The largest absolute Gasteiger partial charge is 0.376 e. The van der Waals surface area contributed by atoms with E-state index in [1.807, 2.05) is 36.3 Å². The Bertz CT molecular complexity index is 1040. The van der Waals surface area contributed by atoms with E-state index in [-0.39, 0.29) is 6.04 Å². The average Bonchev–Trinajstić information content (AvgIpc) is 3.03. The van der Waals surface area contributed by atoms with Crippen molar-refractivity contribution in [2.75, 3.05) is 10.6 Å². The van der Waals surface area contributed by atoms with Crippen LogP contribution >= 0.6 is 11.6 Å². The molecule has 1 aliphatic rings. The van der Waals surface area contributed by atoms with Crippen molar-refractivity contribution in [3.63, 3.8) is 0 Å². The predicted octanol–water partition coefficient (Wildman–Crippen LogP) is 3.56. The standard InChI is InChI=1S/C19H13ClN4O/c1-2-18(25)23-13-5-6-15-14(9-13)19(22-10-21-15)17-7-11-3-4-12(20)8-16(11)24-17/h1,3-6,8-10,17,24H,7H2,(H,23,25). The zero-order valence-corrected chi connectivity index (χ0v) is 13.8. The molecule has 1 aromatic heterocycles. The van der Waals surface area contributed by atoms with Gasteiger partial charge in [0.15, 0.2) is 0 Å². The van der Waals surface area contributed by atoms with Gasteiger partial charge in [-0.05, 0) is 41.8 Å². The van der Waals surface area contributed by atoms with E-state index in [0.717, 1.165) is 28.7 Å². The number of carbonyl (C=O) groups is 1. The van der Waals surface area contributed by atoms with Crippen LogP contribution in [0.1, 0.15) is 17.3 Å². The quantitative estimate of drug-likeness (QED) is 0.695. The number of nitrogens with one attached hydrogen (secondary N) is 2. The highest BCUT2D eigenvalue weighted by atomic mass is 35.5. The van der Waals surface area contributed by atoms with Crippen molar-refractivity contribution in [1.82, 2.24) is 9.97 Å². The maximum atomic E-state index is 11.4. The number of aromatic nitrogens is 2. The molecular weight excluding hydrogens is 336 g/mol. The summed E-state index contributed by atoms with van der Waals surface area (Å²) in [5, 5.41) is 7.68. The van der Waals surface area contributed by atoms with Gasteiger partial charge in [0, 0.05) is 28.2 Å². The van der Waals surface area contributed by atoms with Gasteiger partial charge in [0.1, 0.15) is 6.33 Å². The molecule has 1 unspecified atom stereocenters. The number of fused-ring (bicyclic) bond motifs is 2. The first-order valence-corrected chi connectivity index (χ1v) is 8.09. The molecule has 122 valence electrons. The lowest BCUT2D eigenvalue weighted by molar-refractivity contribution is -0.111. The fraction of sp³-hybridized carbons (Fsp3) is 0.105. The van der Waals surface area contributed by atoms with Gasteiger partial charge >= 0.3 is 0 Å². The Hall–Kier alpha value is -3.10. The summed E-state index contributed by atoms with van der Waals surface area (Å²) in [6, 6.07) is 11.3. The number of anilines is 2. The number of hydrogen-bond acceptors (Lipinski definition) is 4. The van der Waals surface area contributed by atoms with Crippen LogP contribution in [0.3, 0.4) is 0 Å². The predicted molar refractivity (Wildman–Crippen MR) is 98.5 cm³/mol. The summed E-state index contributed by atoms with van der Waals surface area (Å²) in [7, 11) is 0. The van der Waals surface area contributed by atoms with E-state index in [2.05, 4.69) is 20.6 Å². The number of terminal acetylenes is 1. The van der Waals surface area contributed by atoms with Crippen LogP contribution < -0.4 is 10.6 Å². The SMILES string of the molecule is C#CC(=O)Nc1ccc2ncnc(C3Cc4ccc(Cl)cc4N3)c2c1. The van der Waals surface area contributed by atoms with Crippen LogP contribution in [0.25, 0.3) is 10.9 Å². The van der Waals surface area contributed by atoms with Gasteiger partial charge in [-0.2, -0.15) is 0 Å². The van der Waals surface area contributed by atoms with Crippen LogP contribution in [0.15, 0.2) is 42.7 Å². The maximum absolute atomic E-state index is 11.4. The molecule has 1 aliphatic heterocycles. The maximum Gasteiger partial charge on any atom is 0.300 e. The van der Waals surface area contributed by atoms with Gasteiger partial charge in [-0.15, -0.1) is 6.42 Å². The Morgan fingerprint density at radius 2 is 2.16 bits per heavy atom. The molecular formula is C19H13ClN4O. The second-order valence-corrected chi connectivity index (χ2v) is 6.23. The molecule has 2 N–H and O–H groups in total. The van der Waals surface area contributed by atoms with Crippen LogP contribution in [-0.2, 0) is 11.2 Å². The van der Waals surface area contributed by atoms with Crippen molar-refractivity contribution in [1.29, 1.82) is 0 Å². The summed E-state index contributed by atoms with van der Waals surface area (Å²) in [6.45, 7) is 0. The highest BCUT2D eigenvalue weighted by Crippen LogP contribution is 2.37. The number of amides is 1. The topological polar surface area (TPSA) is 66.9 Å². The number of rotatable bonds is 2. The first-order valence-electron chi connectivity index (χ1n) is 7.71. The first-order chi connectivity index (χ1) is 12.1. The molecule has 0 fully saturated rings. The Morgan fingerprint density at radius 3 is 3.00 bits per heavy atom. The average molecular weight is 349 g/mol. The minimum absolute atomic E-state index is 0.0116.